The van der Waals surface area contributed by atoms with E-state index < -0.39 is 0 Å². The molecule has 9 aromatic carbocycles. The molecule has 0 bridgehead atoms. The summed E-state index contributed by atoms with van der Waals surface area (Å²) in [5.41, 5.74) is 11.2. The molecule has 2 aromatic heterocycles. The van der Waals surface area contributed by atoms with Crippen LogP contribution in [0, 0.1) is 0 Å². The standard InChI is InChI=1S/C53H33N3O/c1-3-18-41-35(12-1)14-10-23-42(41)37-28-26-34(27-29-37)38-16-9-17-39(32-38)51-54-52(40-30-31-50-48(33-40)46-21-7-8-25-49(46)57-50)56-53(55-51)47-22-6-5-20-45(47)44-24-11-15-36-13-2-4-19-43(36)44/h1-33H. The number of fused-ring (bicyclic) bond motifs is 5. The van der Waals surface area contributed by atoms with Gasteiger partial charge in [0.25, 0.3) is 0 Å². The average molecular weight is 728 g/mol. The largest absolute Gasteiger partial charge is 0.456 e. The molecular weight excluding hydrogens is 695 g/mol. The molecule has 0 unspecified atom stereocenters. The molecule has 0 saturated heterocycles. The Morgan fingerprint density at radius 2 is 0.754 bits per heavy atom. The summed E-state index contributed by atoms with van der Waals surface area (Å²) < 4.78 is 6.18. The van der Waals surface area contributed by atoms with E-state index in [1.807, 2.05) is 30.3 Å². The second-order valence-corrected chi connectivity index (χ2v) is 14.4. The highest BCUT2D eigenvalue weighted by molar-refractivity contribution is 6.06. The van der Waals surface area contributed by atoms with Crippen LogP contribution in [0.1, 0.15) is 0 Å². The Morgan fingerprint density at radius 3 is 1.53 bits per heavy atom. The molecule has 4 heteroatoms. The van der Waals surface area contributed by atoms with Crippen LogP contribution in [-0.2, 0) is 0 Å². The van der Waals surface area contributed by atoms with E-state index in [0.29, 0.717) is 17.5 Å². The summed E-state index contributed by atoms with van der Waals surface area (Å²) in [5, 5.41) is 6.93. The fourth-order valence-electron chi connectivity index (χ4n) is 8.15. The molecule has 0 radical (unpaired) electrons. The minimum absolute atomic E-state index is 0.597. The second kappa shape index (κ2) is 13.6. The topological polar surface area (TPSA) is 51.8 Å². The van der Waals surface area contributed by atoms with Crippen molar-refractivity contribution >= 4 is 43.5 Å². The predicted molar refractivity (Wildman–Crippen MR) is 235 cm³/mol. The first kappa shape index (κ1) is 32.7. The van der Waals surface area contributed by atoms with Gasteiger partial charge in [-0.25, -0.2) is 15.0 Å². The molecule has 0 spiro atoms. The Kier molecular flexibility index (Phi) is 7.78. The van der Waals surface area contributed by atoms with Crippen molar-refractivity contribution in [1.82, 2.24) is 15.0 Å². The van der Waals surface area contributed by atoms with Gasteiger partial charge >= 0.3 is 0 Å². The van der Waals surface area contributed by atoms with Crippen LogP contribution in [0.3, 0.4) is 0 Å². The molecule has 0 saturated carbocycles. The molecule has 11 aromatic rings. The summed E-state index contributed by atoms with van der Waals surface area (Å²) in [5.74, 6) is 1.81. The molecule has 0 atom stereocenters. The van der Waals surface area contributed by atoms with Crippen LogP contribution in [0.5, 0.6) is 0 Å². The van der Waals surface area contributed by atoms with Crippen molar-refractivity contribution in [2.45, 2.75) is 0 Å². The fourth-order valence-corrected chi connectivity index (χ4v) is 8.15. The zero-order chi connectivity index (χ0) is 37.7. The highest BCUT2D eigenvalue weighted by atomic mass is 16.3. The van der Waals surface area contributed by atoms with Gasteiger partial charge in [-0.1, -0.05) is 170 Å². The Balaban J connectivity index is 1.06. The average Bonchev–Trinajstić information content (AvgIpc) is 3.67. The zero-order valence-electron chi connectivity index (χ0n) is 30.8. The van der Waals surface area contributed by atoms with E-state index in [9.17, 15) is 0 Å². The Bertz CT molecular complexity index is 3300. The van der Waals surface area contributed by atoms with E-state index in [4.69, 9.17) is 19.4 Å². The van der Waals surface area contributed by atoms with Crippen molar-refractivity contribution in [2.24, 2.45) is 0 Å². The summed E-state index contributed by atoms with van der Waals surface area (Å²) in [6, 6.07) is 70.0. The van der Waals surface area contributed by atoms with Crippen LogP contribution in [0.4, 0.5) is 0 Å². The molecule has 0 aliphatic heterocycles. The zero-order valence-corrected chi connectivity index (χ0v) is 30.8. The Morgan fingerprint density at radius 1 is 0.263 bits per heavy atom. The number of benzene rings is 9. The summed E-state index contributed by atoms with van der Waals surface area (Å²) in [7, 11) is 0. The van der Waals surface area contributed by atoms with Crippen molar-refractivity contribution in [1.29, 1.82) is 0 Å². The minimum Gasteiger partial charge on any atom is -0.456 e. The van der Waals surface area contributed by atoms with Crippen molar-refractivity contribution in [3.8, 4) is 67.5 Å². The number of nitrogens with zero attached hydrogens (tertiary/aromatic N) is 3. The van der Waals surface area contributed by atoms with Crippen molar-refractivity contribution in [3.05, 3.63) is 200 Å². The number of hydrogen-bond donors (Lipinski definition) is 0. The number of hydrogen-bond acceptors (Lipinski definition) is 4. The van der Waals surface area contributed by atoms with Crippen molar-refractivity contribution < 1.29 is 4.42 Å². The third-order valence-electron chi connectivity index (χ3n) is 11.0. The smallest absolute Gasteiger partial charge is 0.164 e. The molecule has 0 aliphatic rings. The van der Waals surface area contributed by atoms with Crippen LogP contribution >= 0.6 is 0 Å². The Hall–Kier alpha value is -7.69. The number of furan rings is 1. The SMILES string of the molecule is c1cc(-c2ccc(-c3cccc4ccccc34)cc2)cc(-c2nc(-c3ccc4oc5ccccc5c4c3)nc(-c3ccccc3-c3cccc4ccccc34)n2)c1. The van der Waals surface area contributed by atoms with E-state index >= 15 is 0 Å². The molecule has 0 fully saturated rings. The first-order valence-corrected chi connectivity index (χ1v) is 19.2. The summed E-state index contributed by atoms with van der Waals surface area (Å²) >= 11 is 0. The van der Waals surface area contributed by atoms with Crippen LogP contribution < -0.4 is 0 Å². The van der Waals surface area contributed by atoms with Gasteiger partial charge in [0.1, 0.15) is 11.2 Å². The van der Waals surface area contributed by atoms with Gasteiger partial charge in [-0.2, -0.15) is 0 Å². The molecule has 0 amide bonds. The van der Waals surface area contributed by atoms with Gasteiger partial charge in [0.2, 0.25) is 0 Å². The molecule has 57 heavy (non-hydrogen) atoms. The van der Waals surface area contributed by atoms with E-state index in [1.165, 1.54) is 32.7 Å². The van der Waals surface area contributed by atoms with Crippen molar-refractivity contribution in [3.63, 3.8) is 0 Å². The van der Waals surface area contributed by atoms with E-state index in [2.05, 4.69) is 170 Å². The highest BCUT2D eigenvalue weighted by Gasteiger charge is 2.18. The van der Waals surface area contributed by atoms with Gasteiger partial charge in [0.05, 0.1) is 0 Å². The number of para-hydroxylation sites is 1. The molecule has 0 aliphatic carbocycles. The van der Waals surface area contributed by atoms with E-state index in [0.717, 1.165) is 60.9 Å². The summed E-state index contributed by atoms with van der Waals surface area (Å²) in [6.07, 6.45) is 0. The third kappa shape index (κ3) is 5.83. The lowest BCUT2D eigenvalue weighted by Gasteiger charge is -2.14. The lowest BCUT2D eigenvalue weighted by Crippen LogP contribution is -2.01. The van der Waals surface area contributed by atoms with Gasteiger partial charge in [-0.15, -0.1) is 0 Å². The second-order valence-electron chi connectivity index (χ2n) is 14.4. The Labute approximate surface area is 329 Å². The van der Waals surface area contributed by atoms with Crippen molar-refractivity contribution in [2.75, 3.05) is 0 Å². The van der Waals surface area contributed by atoms with Crippen LogP contribution in [0.2, 0.25) is 0 Å². The predicted octanol–water partition coefficient (Wildman–Crippen LogP) is 14.1. The van der Waals surface area contributed by atoms with Crippen LogP contribution in [0.15, 0.2) is 205 Å². The van der Waals surface area contributed by atoms with E-state index in [-0.39, 0.29) is 0 Å². The maximum atomic E-state index is 6.18. The molecule has 11 rings (SSSR count). The molecular formula is C53H33N3O. The summed E-state index contributed by atoms with van der Waals surface area (Å²) in [4.78, 5) is 15.7. The maximum absolute atomic E-state index is 6.18. The molecule has 2 heterocycles. The molecule has 4 nitrogen and oxygen atoms in total. The molecule has 266 valence electrons. The first-order chi connectivity index (χ1) is 28.2. The van der Waals surface area contributed by atoms with Gasteiger partial charge in [-0.05, 0) is 85.3 Å². The lowest BCUT2D eigenvalue weighted by molar-refractivity contribution is 0.669. The van der Waals surface area contributed by atoms with Gasteiger partial charge in [-0.3, -0.25) is 0 Å². The molecule has 0 N–H and O–H groups in total. The monoisotopic (exact) mass is 727 g/mol. The number of rotatable bonds is 6. The van der Waals surface area contributed by atoms with Gasteiger partial charge in [0, 0.05) is 27.5 Å². The maximum Gasteiger partial charge on any atom is 0.164 e. The number of aromatic nitrogens is 3. The first-order valence-electron chi connectivity index (χ1n) is 19.2. The van der Waals surface area contributed by atoms with Crippen LogP contribution in [0.25, 0.3) is 111 Å². The van der Waals surface area contributed by atoms with Gasteiger partial charge < -0.3 is 4.42 Å². The van der Waals surface area contributed by atoms with Gasteiger partial charge in [0.15, 0.2) is 17.5 Å². The minimum atomic E-state index is 0.597. The normalized spacial score (nSPS) is 11.5. The fraction of sp³-hybridized carbons (Fsp3) is 0. The highest BCUT2D eigenvalue weighted by Crippen LogP contribution is 2.38. The summed E-state index contributed by atoms with van der Waals surface area (Å²) in [6.45, 7) is 0. The quantitative estimate of drug-likeness (QED) is 0.171. The van der Waals surface area contributed by atoms with Crippen LogP contribution in [-0.4, -0.2) is 15.0 Å². The van der Waals surface area contributed by atoms with E-state index in [1.54, 1.807) is 0 Å². The lowest BCUT2D eigenvalue weighted by atomic mass is 9.94. The third-order valence-corrected chi connectivity index (χ3v) is 11.0.